The number of rotatable bonds is 1. The van der Waals surface area contributed by atoms with Crippen LogP contribution in [-0.2, 0) is 14.4 Å². The number of ketones is 4. The maximum absolute atomic E-state index is 13.6. The van der Waals surface area contributed by atoms with Crippen molar-refractivity contribution >= 4 is 23.1 Å². The standard InChI is InChI=1S/C23H23NO7/c1-5-10-18(26)17(24(3)4)16-20(28)13-9(2)11-7-6-8-12(25)14(11)19(27)15(13)22(30)23(16,31)21(10)29/h1,6-10,13,15-17,20,25,28,31H,2-4H3/t9-,10?,13+,15?,16+,17-,20-,23+/m1/s1. The Morgan fingerprint density at radius 3 is 2.35 bits per heavy atom. The molecule has 0 aliphatic heterocycles. The number of nitrogens with zero attached hydrogens (tertiary/aromatic N) is 1. The Bertz CT molecular complexity index is 1070. The molecule has 3 aliphatic rings. The van der Waals surface area contributed by atoms with E-state index >= 15 is 0 Å². The Morgan fingerprint density at radius 1 is 1.13 bits per heavy atom. The van der Waals surface area contributed by atoms with Crippen LogP contribution in [-0.4, -0.2) is 75.2 Å². The Balaban J connectivity index is 1.96. The molecule has 2 saturated carbocycles. The van der Waals surface area contributed by atoms with Gasteiger partial charge in [0.05, 0.1) is 29.5 Å². The molecule has 8 nitrogen and oxygen atoms in total. The van der Waals surface area contributed by atoms with Gasteiger partial charge in [0.25, 0.3) is 0 Å². The molecular weight excluding hydrogens is 402 g/mol. The van der Waals surface area contributed by atoms with Gasteiger partial charge in [-0.15, -0.1) is 6.42 Å². The van der Waals surface area contributed by atoms with Gasteiger partial charge in [-0.25, -0.2) is 0 Å². The van der Waals surface area contributed by atoms with E-state index in [0.29, 0.717) is 5.56 Å². The van der Waals surface area contributed by atoms with E-state index in [2.05, 4.69) is 5.92 Å². The lowest BCUT2D eigenvalue weighted by atomic mass is 9.49. The minimum atomic E-state index is -2.79. The number of aromatic hydroxyl groups is 1. The predicted octanol–water partition coefficient (Wildman–Crippen LogP) is -0.453. The molecule has 1 aromatic rings. The molecule has 8 atom stereocenters. The van der Waals surface area contributed by atoms with Crippen LogP contribution in [0.25, 0.3) is 0 Å². The lowest BCUT2D eigenvalue weighted by Gasteiger charge is -2.55. The Kier molecular flexibility index (Phi) is 4.70. The van der Waals surface area contributed by atoms with Crippen LogP contribution in [0.2, 0.25) is 0 Å². The molecule has 162 valence electrons. The van der Waals surface area contributed by atoms with E-state index in [1.807, 2.05) is 0 Å². The summed E-state index contributed by atoms with van der Waals surface area (Å²) in [5.41, 5.74) is -2.40. The minimum absolute atomic E-state index is 0.0594. The summed E-state index contributed by atoms with van der Waals surface area (Å²) in [6.45, 7) is 1.70. The van der Waals surface area contributed by atoms with Crippen molar-refractivity contribution in [2.75, 3.05) is 14.1 Å². The zero-order valence-corrected chi connectivity index (χ0v) is 17.3. The molecule has 3 aliphatic carbocycles. The number of hydrogen-bond donors (Lipinski definition) is 3. The largest absolute Gasteiger partial charge is 0.507 e. The lowest BCUT2D eigenvalue weighted by molar-refractivity contribution is -0.195. The van der Waals surface area contributed by atoms with Gasteiger partial charge in [0, 0.05) is 5.92 Å². The summed E-state index contributed by atoms with van der Waals surface area (Å²) >= 11 is 0. The van der Waals surface area contributed by atoms with Crippen molar-refractivity contribution < 1.29 is 34.5 Å². The molecule has 4 rings (SSSR count). The van der Waals surface area contributed by atoms with E-state index in [9.17, 15) is 34.5 Å². The Hall–Kier alpha value is -2.86. The molecule has 0 amide bonds. The van der Waals surface area contributed by atoms with Gasteiger partial charge in [-0.2, -0.15) is 0 Å². The minimum Gasteiger partial charge on any atom is -0.507 e. The van der Waals surface area contributed by atoms with Crippen molar-refractivity contribution in [1.82, 2.24) is 4.90 Å². The quantitative estimate of drug-likeness (QED) is 0.407. The van der Waals surface area contributed by atoms with Gasteiger partial charge in [-0.3, -0.25) is 24.1 Å². The summed E-state index contributed by atoms with van der Waals surface area (Å²) in [5, 5.41) is 33.1. The van der Waals surface area contributed by atoms with Crippen LogP contribution < -0.4 is 0 Å². The van der Waals surface area contributed by atoms with Gasteiger partial charge < -0.3 is 15.3 Å². The van der Waals surface area contributed by atoms with Gasteiger partial charge in [0.2, 0.25) is 0 Å². The second kappa shape index (κ2) is 6.82. The smallest absolute Gasteiger partial charge is 0.194 e. The maximum atomic E-state index is 13.6. The highest BCUT2D eigenvalue weighted by atomic mass is 16.3. The molecule has 8 heteroatoms. The summed E-state index contributed by atoms with van der Waals surface area (Å²) in [7, 11) is 3.05. The maximum Gasteiger partial charge on any atom is 0.194 e. The fraction of sp³-hybridized carbons (Fsp3) is 0.478. The second-order valence-electron chi connectivity index (χ2n) is 8.87. The van der Waals surface area contributed by atoms with E-state index < -0.39 is 70.5 Å². The van der Waals surface area contributed by atoms with Gasteiger partial charge in [0.1, 0.15) is 11.7 Å². The van der Waals surface area contributed by atoms with E-state index in [1.165, 1.54) is 25.1 Å². The molecule has 0 spiro atoms. The monoisotopic (exact) mass is 425 g/mol. The molecule has 2 unspecified atom stereocenters. The summed E-state index contributed by atoms with van der Waals surface area (Å²) in [5.74, 6) is -8.21. The van der Waals surface area contributed by atoms with E-state index in [4.69, 9.17) is 6.42 Å². The SMILES string of the molecule is C#CC1C(=O)[C@H](N(C)C)[C@H]2[C@H](O)[C@@H]3C(C(=O)c4c(O)cccc4[C@H]3C)C(=O)[C@@]2(O)C1=O. The number of fused-ring (bicyclic) bond motifs is 3. The first-order valence-electron chi connectivity index (χ1n) is 10.0. The van der Waals surface area contributed by atoms with E-state index in [-0.39, 0.29) is 11.3 Å². The third-order valence-electron chi connectivity index (χ3n) is 7.24. The highest BCUT2D eigenvalue weighted by Crippen LogP contribution is 2.54. The third-order valence-corrected chi connectivity index (χ3v) is 7.24. The average molecular weight is 425 g/mol. The van der Waals surface area contributed by atoms with E-state index in [0.717, 1.165) is 0 Å². The Morgan fingerprint density at radius 2 is 1.77 bits per heavy atom. The average Bonchev–Trinajstić information content (AvgIpc) is 2.71. The van der Waals surface area contributed by atoms with E-state index in [1.54, 1.807) is 19.1 Å². The topological polar surface area (TPSA) is 132 Å². The third kappa shape index (κ3) is 2.48. The zero-order chi connectivity index (χ0) is 23.0. The molecule has 0 heterocycles. The van der Waals surface area contributed by atoms with Crippen LogP contribution >= 0.6 is 0 Å². The summed E-state index contributed by atoms with van der Waals surface area (Å²) in [6.07, 6.45) is 3.85. The Labute approximate surface area is 178 Å². The number of likely N-dealkylation sites (N-methyl/N-ethyl adjacent to an activating group) is 1. The number of aliphatic hydroxyl groups is 2. The van der Waals surface area contributed by atoms with Crippen LogP contribution in [0.15, 0.2) is 18.2 Å². The van der Waals surface area contributed by atoms with Crippen LogP contribution in [0.3, 0.4) is 0 Å². The first-order chi connectivity index (χ1) is 14.5. The lowest BCUT2D eigenvalue weighted by Crippen LogP contribution is -2.76. The van der Waals surface area contributed by atoms with Crippen molar-refractivity contribution in [3.05, 3.63) is 29.3 Å². The summed E-state index contributed by atoms with van der Waals surface area (Å²) in [4.78, 5) is 54.4. The van der Waals surface area contributed by atoms with Crippen molar-refractivity contribution in [3.63, 3.8) is 0 Å². The van der Waals surface area contributed by atoms with Crippen LogP contribution in [0.4, 0.5) is 0 Å². The normalized spacial score (nSPS) is 39.6. The fourth-order valence-corrected chi connectivity index (χ4v) is 5.84. The molecular formula is C23H23NO7. The van der Waals surface area contributed by atoms with Crippen LogP contribution in [0.5, 0.6) is 5.75 Å². The fourth-order valence-electron chi connectivity index (χ4n) is 5.84. The number of carbonyl (C=O) groups is 4. The first kappa shape index (κ1) is 21.4. The number of carbonyl (C=O) groups excluding carboxylic acids is 4. The molecule has 1 aromatic carbocycles. The predicted molar refractivity (Wildman–Crippen MR) is 107 cm³/mol. The molecule has 0 aromatic heterocycles. The van der Waals surface area contributed by atoms with Crippen molar-refractivity contribution in [1.29, 1.82) is 0 Å². The first-order valence-corrected chi connectivity index (χ1v) is 10.0. The number of phenols is 1. The van der Waals surface area contributed by atoms with Crippen LogP contribution in [0.1, 0.15) is 28.8 Å². The zero-order valence-electron chi connectivity index (χ0n) is 17.3. The van der Waals surface area contributed by atoms with Gasteiger partial charge in [0.15, 0.2) is 28.7 Å². The van der Waals surface area contributed by atoms with Crippen LogP contribution in [0, 0.1) is 36.0 Å². The number of hydrogen-bond acceptors (Lipinski definition) is 8. The highest BCUT2D eigenvalue weighted by Gasteiger charge is 2.72. The van der Waals surface area contributed by atoms with Crippen molar-refractivity contribution in [3.8, 4) is 18.1 Å². The number of Topliss-reactive ketones (excluding diaryl/α,β-unsaturated/α-hetero) is 4. The van der Waals surface area contributed by atoms with Gasteiger partial charge in [-0.05, 0) is 31.6 Å². The van der Waals surface area contributed by atoms with Crippen molar-refractivity contribution in [2.45, 2.75) is 30.6 Å². The van der Waals surface area contributed by atoms with Crippen molar-refractivity contribution in [2.24, 2.45) is 23.7 Å². The number of phenolic OH excluding ortho intramolecular Hbond substituents is 1. The van der Waals surface area contributed by atoms with Gasteiger partial charge >= 0.3 is 0 Å². The molecule has 0 saturated heterocycles. The molecule has 2 fully saturated rings. The molecule has 0 radical (unpaired) electrons. The molecule has 3 N–H and O–H groups in total. The number of aliphatic hydroxyl groups excluding tert-OH is 1. The highest BCUT2D eigenvalue weighted by molar-refractivity contribution is 6.28. The van der Waals surface area contributed by atoms with Gasteiger partial charge in [-0.1, -0.05) is 25.0 Å². The molecule has 31 heavy (non-hydrogen) atoms. The molecule has 0 bridgehead atoms. The summed E-state index contributed by atoms with van der Waals surface area (Å²) < 4.78 is 0. The summed E-state index contributed by atoms with van der Waals surface area (Å²) in [6, 6.07) is 3.29. The second-order valence-corrected chi connectivity index (χ2v) is 8.87. The number of terminal acetylenes is 1. The number of benzene rings is 1.